The molecule has 0 aliphatic heterocycles. The maximum atomic E-state index is 9.96. The van der Waals surface area contributed by atoms with Gasteiger partial charge in [-0.15, -0.1) is 0 Å². The standard InChI is InChI=1S/C14H12Cl2O2/c15-11-4-1-3-10(7-11)14(17)9-18-13-6-2-5-12(16)8-13/h1-8,14,17H,9H2. The lowest BCUT2D eigenvalue weighted by atomic mass is 10.1. The number of hydrogen-bond donors (Lipinski definition) is 1. The Morgan fingerprint density at radius 1 is 1.00 bits per heavy atom. The Morgan fingerprint density at radius 2 is 1.67 bits per heavy atom. The minimum atomic E-state index is -0.720. The van der Waals surface area contributed by atoms with Crippen LogP contribution in [0, 0.1) is 0 Å². The molecule has 18 heavy (non-hydrogen) atoms. The fourth-order valence-corrected chi connectivity index (χ4v) is 1.92. The number of halogens is 2. The van der Waals surface area contributed by atoms with E-state index in [9.17, 15) is 5.11 Å². The van der Waals surface area contributed by atoms with E-state index in [1.807, 2.05) is 0 Å². The van der Waals surface area contributed by atoms with E-state index in [2.05, 4.69) is 0 Å². The summed E-state index contributed by atoms with van der Waals surface area (Å²) in [6.45, 7) is 0.153. The lowest BCUT2D eigenvalue weighted by Crippen LogP contribution is -2.09. The Hall–Kier alpha value is -1.22. The van der Waals surface area contributed by atoms with Crippen molar-refractivity contribution in [1.82, 2.24) is 0 Å². The summed E-state index contributed by atoms with van der Waals surface area (Å²) in [7, 11) is 0. The van der Waals surface area contributed by atoms with Crippen molar-refractivity contribution in [2.45, 2.75) is 6.10 Å². The van der Waals surface area contributed by atoms with Crippen LogP contribution in [0.25, 0.3) is 0 Å². The molecule has 0 saturated carbocycles. The Bertz CT molecular complexity index is 529. The van der Waals surface area contributed by atoms with Gasteiger partial charge in [0.15, 0.2) is 0 Å². The van der Waals surface area contributed by atoms with Crippen LogP contribution in [0.1, 0.15) is 11.7 Å². The van der Waals surface area contributed by atoms with E-state index in [1.54, 1.807) is 48.5 Å². The monoisotopic (exact) mass is 282 g/mol. The lowest BCUT2D eigenvalue weighted by Gasteiger charge is -2.13. The molecule has 2 rings (SSSR count). The molecule has 0 fully saturated rings. The molecule has 0 bridgehead atoms. The fraction of sp³-hybridized carbons (Fsp3) is 0.143. The summed E-state index contributed by atoms with van der Waals surface area (Å²) in [5.74, 6) is 0.628. The molecule has 2 aromatic rings. The van der Waals surface area contributed by atoms with E-state index >= 15 is 0 Å². The van der Waals surface area contributed by atoms with E-state index in [-0.39, 0.29) is 6.61 Å². The van der Waals surface area contributed by atoms with E-state index < -0.39 is 6.10 Å². The van der Waals surface area contributed by atoms with Crippen LogP contribution in [0.3, 0.4) is 0 Å². The van der Waals surface area contributed by atoms with Crippen molar-refractivity contribution in [3.63, 3.8) is 0 Å². The van der Waals surface area contributed by atoms with E-state index in [0.29, 0.717) is 15.8 Å². The fourth-order valence-electron chi connectivity index (χ4n) is 1.54. The van der Waals surface area contributed by atoms with Crippen LogP contribution in [-0.2, 0) is 0 Å². The Morgan fingerprint density at radius 3 is 2.33 bits per heavy atom. The summed E-state index contributed by atoms with van der Waals surface area (Å²) in [5.41, 5.74) is 0.726. The first-order chi connectivity index (χ1) is 8.65. The molecule has 94 valence electrons. The average Bonchev–Trinajstić information content (AvgIpc) is 2.36. The first-order valence-corrected chi connectivity index (χ1v) is 6.22. The zero-order valence-electron chi connectivity index (χ0n) is 9.51. The van der Waals surface area contributed by atoms with Crippen molar-refractivity contribution in [3.8, 4) is 5.75 Å². The molecule has 0 saturated heterocycles. The summed E-state index contributed by atoms with van der Waals surface area (Å²) in [6, 6.07) is 14.1. The van der Waals surface area contributed by atoms with Crippen molar-refractivity contribution in [1.29, 1.82) is 0 Å². The summed E-state index contributed by atoms with van der Waals surface area (Å²) in [5, 5.41) is 11.2. The van der Waals surface area contributed by atoms with E-state index in [4.69, 9.17) is 27.9 Å². The molecule has 0 radical (unpaired) electrons. The minimum absolute atomic E-state index is 0.153. The highest BCUT2D eigenvalue weighted by Gasteiger charge is 2.08. The van der Waals surface area contributed by atoms with Gasteiger partial charge >= 0.3 is 0 Å². The topological polar surface area (TPSA) is 29.5 Å². The molecule has 0 aromatic heterocycles. The molecule has 0 spiro atoms. The highest BCUT2D eigenvalue weighted by Crippen LogP contribution is 2.21. The predicted molar refractivity (Wildman–Crippen MR) is 73.4 cm³/mol. The van der Waals surface area contributed by atoms with Gasteiger partial charge in [0.2, 0.25) is 0 Å². The summed E-state index contributed by atoms with van der Waals surface area (Å²) in [4.78, 5) is 0. The van der Waals surface area contributed by atoms with Crippen LogP contribution < -0.4 is 4.74 Å². The maximum Gasteiger partial charge on any atom is 0.120 e. The SMILES string of the molecule is OC(COc1cccc(Cl)c1)c1cccc(Cl)c1. The zero-order valence-corrected chi connectivity index (χ0v) is 11.0. The molecule has 1 unspecified atom stereocenters. The number of rotatable bonds is 4. The van der Waals surface area contributed by atoms with Gasteiger partial charge in [-0.1, -0.05) is 41.4 Å². The molecule has 0 amide bonds. The summed E-state index contributed by atoms with van der Waals surface area (Å²) < 4.78 is 5.47. The van der Waals surface area contributed by atoms with Gasteiger partial charge in [0, 0.05) is 10.0 Å². The zero-order chi connectivity index (χ0) is 13.0. The normalized spacial score (nSPS) is 12.2. The number of ether oxygens (including phenoxy) is 1. The molecule has 2 nitrogen and oxygen atoms in total. The number of benzene rings is 2. The second-order valence-electron chi connectivity index (χ2n) is 3.84. The van der Waals surface area contributed by atoms with Gasteiger partial charge in [-0.05, 0) is 35.9 Å². The summed E-state index contributed by atoms with van der Waals surface area (Å²) in [6.07, 6.45) is -0.720. The van der Waals surface area contributed by atoms with Crippen LogP contribution in [-0.4, -0.2) is 11.7 Å². The molecule has 1 N–H and O–H groups in total. The molecule has 0 aliphatic rings. The van der Waals surface area contributed by atoms with Crippen molar-refractivity contribution in [2.24, 2.45) is 0 Å². The largest absolute Gasteiger partial charge is 0.490 e. The van der Waals surface area contributed by atoms with Gasteiger partial charge in [-0.2, -0.15) is 0 Å². The molecule has 4 heteroatoms. The molecule has 1 atom stereocenters. The Balaban J connectivity index is 1.98. The van der Waals surface area contributed by atoms with Crippen molar-refractivity contribution < 1.29 is 9.84 Å². The first kappa shape index (κ1) is 13.2. The van der Waals surface area contributed by atoms with Gasteiger partial charge in [-0.25, -0.2) is 0 Å². The van der Waals surface area contributed by atoms with Crippen LogP contribution in [0.5, 0.6) is 5.75 Å². The van der Waals surface area contributed by atoms with Gasteiger partial charge < -0.3 is 9.84 Å². The molecule has 0 heterocycles. The molecular formula is C14H12Cl2O2. The van der Waals surface area contributed by atoms with Crippen LogP contribution in [0.4, 0.5) is 0 Å². The third-order valence-electron chi connectivity index (χ3n) is 2.44. The van der Waals surface area contributed by atoms with Crippen LogP contribution in [0.15, 0.2) is 48.5 Å². The second kappa shape index (κ2) is 6.10. The van der Waals surface area contributed by atoms with Crippen molar-refractivity contribution >= 4 is 23.2 Å². The molecule has 0 aliphatic carbocycles. The maximum absolute atomic E-state index is 9.96. The lowest BCUT2D eigenvalue weighted by molar-refractivity contribution is 0.108. The van der Waals surface area contributed by atoms with Gasteiger partial charge in [0.1, 0.15) is 18.5 Å². The highest BCUT2D eigenvalue weighted by molar-refractivity contribution is 6.30. The Labute approximate surface area is 116 Å². The number of aliphatic hydroxyl groups is 1. The average molecular weight is 283 g/mol. The van der Waals surface area contributed by atoms with Crippen molar-refractivity contribution in [3.05, 3.63) is 64.1 Å². The highest BCUT2D eigenvalue weighted by atomic mass is 35.5. The van der Waals surface area contributed by atoms with Gasteiger partial charge in [-0.3, -0.25) is 0 Å². The summed E-state index contributed by atoms with van der Waals surface area (Å²) >= 11 is 11.7. The Kier molecular flexibility index (Phi) is 4.48. The quantitative estimate of drug-likeness (QED) is 0.915. The molecular weight excluding hydrogens is 271 g/mol. The molecule has 2 aromatic carbocycles. The number of aliphatic hydroxyl groups excluding tert-OH is 1. The minimum Gasteiger partial charge on any atom is -0.490 e. The third-order valence-corrected chi connectivity index (χ3v) is 2.91. The van der Waals surface area contributed by atoms with E-state index in [0.717, 1.165) is 5.56 Å². The second-order valence-corrected chi connectivity index (χ2v) is 4.71. The smallest absolute Gasteiger partial charge is 0.120 e. The first-order valence-electron chi connectivity index (χ1n) is 5.47. The van der Waals surface area contributed by atoms with E-state index in [1.165, 1.54) is 0 Å². The van der Waals surface area contributed by atoms with Crippen LogP contribution >= 0.6 is 23.2 Å². The number of hydrogen-bond acceptors (Lipinski definition) is 2. The third kappa shape index (κ3) is 3.64. The predicted octanol–water partition coefficient (Wildman–Crippen LogP) is 4.11. The van der Waals surface area contributed by atoms with Gasteiger partial charge in [0.25, 0.3) is 0 Å². The van der Waals surface area contributed by atoms with Crippen molar-refractivity contribution in [2.75, 3.05) is 6.61 Å². The van der Waals surface area contributed by atoms with Gasteiger partial charge in [0.05, 0.1) is 0 Å². The van der Waals surface area contributed by atoms with Crippen LogP contribution in [0.2, 0.25) is 10.0 Å².